The van der Waals surface area contributed by atoms with E-state index >= 15 is 0 Å². The Balaban J connectivity index is 1.92. The fourth-order valence-corrected chi connectivity index (χ4v) is 2.00. The quantitative estimate of drug-likeness (QED) is 0.618. The van der Waals surface area contributed by atoms with Gasteiger partial charge in [0.25, 0.3) is 0 Å². The van der Waals surface area contributed by atoms with E-state index in [-0.39, 0.29) is 5.97 Å². The molecule has 0 amide bonds. The molecule has 0 fully saturated rings. The Kier molecular flexibility index (Phi) is 4.40. The molecule has 0 N–H and O–H groups in total. The first-order chi connectivity index (χ1) is 9.44. The van der Waals surface area contributed by atoms with Crippen LogP contribution in [-0.4, -0.2) is 44.7 Å². The van der Waals surface area contributed by atoms with E-state index in [4.69, 9.17) is 4.74 Å². The SMILES string of the molecule is C[N+](C)(C)CCOC(=O)Cc1ccc2ccccc2c1. The van der Waals surface area contributed by atoms with Crippen molar-refractivity contribution in [1.82, 2.24) is 0 Å². The molecule has 2 rings (SSSR count). The van der Waals surface area contributed by atoms with Gasteiger partial charge in [0, 0.05) is 0 Å². The Morgan fingerprint density at radius 2 is 1.75 bits per heavy atom. The number of esters is 1. The molecule has 0 spiro atoms. The summed E-state index contributed by atoms with van der Waals surface area (Å²) < 4.78 is 6.07. The lowest BCUT2D eigenvalue weighted by Crippen LogP contribution is -2.38. The molecule has 3 nitrogen and oxygen atoms in total. The molecule has 20 heavy (non-hydrogen) atoms. The molecule has 0 heterocycles. The van der Waals surface area contributed by atoms with Crippen LogP contribution in [0, 0.1) is 0 Å². The van der Waals surface area contributed by atoms with Gasteiger partial charge in [0.1, 0.15) is 13.2 Å². The molecular formula is C17H22NO2+. The average molecular weight is 272 g/mol. The first kappa shape index (κ1) is 14.5. The number of likely N-dealkylation sites (N-methyl/N-ethyl adjacent to an activating group) is 1. The summed E-state index contributed by atoms with van der Waals surface area (Å²) in [5, 5.41) is 2.35. The first-order valence-corrected chi connectivity index (χ1v) is 6.88. The molecule has 0 aliphatic carbocycles. The average Bonchev–Trinajstić information content (AvgIpc) is 2.37. The predicted octanol–water partition coefficient (Wildman–Crippen LogP) is 2.63. The number of carbonyl (C=O) groups excluding carboxylic acids is 1. The standard InChI is InChI=1S/C17H22NO2/c1-18(2,3)10-11-20-17(19)13-14-8-9-15-6-4-5-7-16(15)12-14/h4-9,12H,10-11,13H2,1-3H3/q+1. The van der Waals surface area contributed by atoms with E-state index in [9.17, 15) is 4.79 Å². The topological polar surface area (TPSA) is 26.3 Å². The summed E-state index contributed by atoms with van der Waals surface area (Å²) in [7, 11) is 6.24. The maximum absolute atomic E-state index is 11.8. The van der Waals surface area contributed by atoms with Gasteiger partial charge in [-0.2, -0.15) is 0 Å². The van der Waals surface area contributed by atoms with Crippen molar-refractivity contribution in [3.8, 4) is 0 Å². The van der Waals surface area contributed by atoms with E-state index in [1.165, 1.54) is 5.39 Å². The Hall–Kier alpha value is -1.87. The minimum atomic E-state index is -0.159. The molecule has 0 aromatic heterocycles. The summed E-state index contributed by atoms with van der Waals surface area (Å²) in [5.74, 6) is -0.159. The van der Waals surface area contributed by atoms with Crippen LogP contribution in [0.5, 0.6) is 0 Å². The lowest BCUT2D eigenvalue weighted by molar-refractivity contribution is -0.870. The number of benzene rings is 2. The molecule has 0 radical (unpaired) electrons. The van der Waals surface area contributed by atoms with Crippen LogP contribution in [0.15, 0.2) is 42.5 Å². The summed E-state index contributed by atoms with van der Waals surface area (Å²) >= 11 is 0. The zero-order chi connectivity index (χ0) is 14.6. The van der Waals surface area contributed by atoms with Crippen LogP contribution >= 0.6 is 0 Å². The van der Waals surface area contributed by atoms with Gasteiger partial charge in [-0.3, -0.25) is 4.79 Å². The fraction of sp³-hybridized carbons (Fsp3) is 0.353. The van der Waals surface area contributed by atoms with Crippen molar-refractivity contribution in [2.75, 3.05) is 34.3 Å². The summed E-state index contributed by atoms with van der Waals surface area (Å²) in [6.07, 6.45) is 0.335. The van der Waals surface area contributed by atoms with Crippen molar-refractivity contribution in [2.24, 2.45) is 0 Å². The van der Waals surface area contributed by atoms with Crippen LogP contribution in [0.1, 0.15) is 5.56 Å². The second-order valence-corrected chi connectivity index (χ2v) is 6.09. The Morgan fingerprint density at radius 3 is 2.45 bits per heavy atom. The minimum absolute atomic E-state index is 0.159. The van der Waals surface area contributed by atoms with Crippen LogP contribution < -0.4 is 0 Å². The number of quaternary nitrogens is 1. The third-order valence-electron chi connectivity index (χ3n) is 3.19. The van der Waals surface area contributed by atoms with Gasteiger partial charge in [-0.1, -0.05) is 42.5 Å². The number of hydrogen-bond acceptors (Lipinski definition) is 2. The predicted molar refractivity (Wildman–Crippen MR) is 81.5 cm³/mol. The lowest BCUT2D eigenvalue weighted by Gasteiger charge is -2.23. The van der Waals surface area contributed by atoms with Gasteiger partial charge in [-0.15, -0.1) is 0 Å². The maximum atomic E-state index is 11.8. The zero-order valence-electron chi connectivity index (χ0n) is 12.4. The van der Waals surface area contributed by atoms with Gasteiger partial charge >= 0.3 is 5.97 Å². The van der Waals surface area contributed by atoms with Crippen molar-refractivity contribution in [1.29, 1.82) is 0 Å². The molecular weight excluding hydrogens is 250 g/mol. The van der Waals surface area contributed by atoms with E-state index in [1.54, 1.807) is 0 Å². The van der Waals surface area contributed by atoms with E-state index < -0.39 is 0 Å². The van der Waals surface area contributed by atoms with Gasteiger partial charge in [-0.05, 0) is 16.3 Å². The molecule has 106 valence electrons. The molecule has 2 aromatic rings. The van der Waals surface area contributed by atoms with Crippen molar-refractivity contribution in [3.63, 3.8) is 0 Å². The van der Waals surface area contributed by atoms with Gasteiger partial charge in [-0.25, -0.2) is 0 Å². The summed E-state index contributed by atoms with van der Waals surface area (Å²) in [6.45, 7) is 1.29. The number of carbonyl (C=O) groups is 1. The van der Waals surface area contributed by atoms with Crippen molar-refractivity contribution < 1.29 is 14.0 Å². The molecule has 0 aliphatic rings. The molecule has 0 saturated heterocycles. The smallest absolute Gasteiger partial charge is 0.310 e. The Bertz CT molecular complexity index is 599. The van der Waals surface area contributed by atoms with Crippen LogP contribution in [0.4, 0.5) is 0 Å². The molecule has 0 bridgehead atoms. The van der Waals surface area contributed by atoms with Gasteiger partial charge < -0.3 is 9.22 Å². The first-order valence-electron chi connectivity index (χ1n) is 6.88. The summed E-state index contributed by atoms with van der Waals surface area (Å²) in [4.78, 5) is 11.8. The van der Waals surface area contributed by atoms with Gasteiger partial charge in [0.15, 0.2) is 0 Å². The van der Waals surface area contributed by atoms with Crippen LogP contribution in [-0.2, 0) is 16.0 Å². The normalized spacial score (nSPS) is 11.6. The molecule has 0 unspecified atom stereocenters. The Morgan fingerprint density at radius 1 is 1.05 bits per heavy atom. The van der Waals surface area contributed by atoms with Crippen LogP contribution in [0.25, 0.3) is 10.8 Å². The fourth-order valence-electron chi connectivity index (χ4n) is 2.00. The lowest BCUT2D eigenvalue weighted by atomic mass is 10.1. The minimum Gasteiger partial charge on any atom is -0.459 e. The second-order valence-electron chi connectivity index (χ2n) is 6.09. The zero-order valence-corrected chi connectivity index (χ0v) is 12.4. The third-order valence-corrected chi connectivity index (χ3v) is 3.19. The van der Waals surface area contributed by atoms with Crippen molar-refractivity contribution in [2.45, 2.75) is 6.42 Å². The van der Waals surface area contributed by atoms with E-state index in [2.05, 4.69) is 39.3 Å². The summed E-state index contributed by atoms with van der Waals surface area (Å²) in [5.41, 5.74) is 0.999. The molecule has 2 aromatic carbocycles. The van der Waals surface area contributed by atoms with Crippen LogP contribution in [0.3, 0.4) is 0 Å². The van der Waals surface area contributed by atoms with E-state index in [0.717, 1.165) is 22.0 Å². The number of hydrogen-bond donors (Lipinski definition) is 0. The van der Waals surface area contributed by atoms with Crippen molar-refractivity contribution in [3.05, 3.63) is 48.0 Å². The highest BCUT2D eigenvalue weighted by atomic mass is 16.5. The van der Waals surface area contributed by atoms with Gasteiger partial charge in [0.2, 0.25) is 0 Å². The number of ether oxygens (including phenoxy) is 1. The highest BCUT2D eigenvalue weighted by Gasteiger charge is 2.10. The highest BCUT2D eigenvalue weighted by molar-refractivity contribution is 5.84. The van der Waals surface area contributed by atoms with Gasteiger partial charge in [0.05, 0.1) is 27.6 Å². The van der Waals surface area contributed by atoms with E-state index in [0.29, 0.717) is 13.0 Å². The highest BCUT2D eigenvalue weighted by Crippen LogP contribution is 2.16. The largest absolute Gasteiger partial charge is 0.459 e. The number of rotatable bonds is 5. The monoisotopic (exact) mass is 272 g/mol. The van der Waals surface area contributed by atoms with Crippen molar-refractivity contribution >= 4 is 16.7 Å². The Labute approximate surface area is 120 Å². The molecule has 3 heteroatoms. The van der Waals surface area contributed by atoms with Crippen LogP contribution in [0.2, 0.25) is 0 Å². The maximum Gasteiger partial charge on any atom is 0.310 e. The second kappa shape index (κ2) is 6.06. The number of fused-ring (bicyclic) bond motifs is 1. The molecule has 0 aliphatic heterocycles. The third kappa shape index (κ3) is 4.35. The molecule has 0 atom stereocenters. The number of nitrogens with zero attached hydrogens (tertiary/aromatic N) is 1. The summed E-state index contributed by atoms with van der Waals surface area (Å²) in [6, 6.07) is 14.2. The van der Waals surface area contributed by atoms with E-state index in [1.807, 2.05) is 24.3 Å². The molecule has 0 saturated carbocycles.